The number of benzene rings is 3. The van der Waals surface area contributed by atoms with Gasteiger partial charge in [-0.15, -0.1) is 21.5 Å². The molecule has 0 saturated heterocycles. The van der Waals surface area contributed by atoms with Crippen LogP contribution in [0.2, 0.25) is 5.02 Å². The van der Waals surface area contributed by atoms with E-state index in [2.05, 4.69) is 19.9 Å². The third-order valence-electron chi connectivity index (χ3n) is 5.40. The number of rotatable bonds is 9. The highest BCUT2D eigenvalue weighted by molar-refractivity contribution is 7.91. The lowest BCUT2D eigenvalue weighted by Gasteiger charge is -2.12. The van der Waals surface area contributed by atoms with E-state index >= 15 is 0 Å². The van der Waals surface area contributed by atoms with E-state index in [0.29, 0.717) is 16.1 Å². The fraction of sp³-hybridized carbons (Fsp3) is 0.125. The molecule has 3 aromatic carbocycles. The molecule has 37 heavy (non-hydrogen) atoms. The van der Waals surface area contributed by atoms with Crippen molar-refractivity contribution in [2.24, 2.45) is 0 Å². The Balaban J connectivity index is 1.57. The molecular weight excluding hydrogens is 556 g/mol. The molecule has 2 heterocycles. The van der Waals surface area contributed by atoms with Crippen LogP contribution < -0.4 is 4.72 Å². The molecule has 2 aromatic heterocycles. The van der Waals surface area contributed by atoms with Crippen LogP contribution in [0.25, 0.3) is 21.3 Å². The van der Waals surface area contributed by atoms with E-state index in [1.54, 1.807) is 24.3 Å². The molecule has 0 aliphatic carbocycles. The number of hydrogen-bond acceptors (Lipinski definition) is 9. The molecule has 5 rings (SSSR count). The monoisotopic (exact) mass is 573 g/mol. The van der Waals surface area contributed by atoms with Crippen molar-refractivity contribution in [1.29, 1.82) is 0 Å². The Morgan fingerprint density at radius 1 is 1.03 bits per heavy atom. The average molecular weight is 574 g/mol. The summed E-state index contributed by atoms with van der Waals surface area (Å²) >= 11 is 4.74. The van der Waals surface area contributed by atoms with Crippen LogP contribution in [0, 0.1) is 0 Å². The van der Waals surface area contributed by atoms with Gasteiger partial charge in [-0.2, -0.15) is 0 Å². The van der Waals surface area contributed by atoms with E-state index in [1.165, 1.54) is 11.3 Å². The summed E-state index contributed by atoms with van der Waals surface area (Å²) in [6.45, 7) is -0.273. The second-order valence-corrected chi connectivity index (χ2v) is 12.4. The van der Waals surface area contributed by atoms with Crippen molar-refractivity contribution in [2.45, 2.75) is 17.5 Å². The minimum absolute atomic E-state index is 0.0744. The van der Waals surface area contributed by atoms with Crippen LogP contribution in [0.5, 0.6) is 0 Å². The molecule has 2 atom stereocenters. The Kier molecular flexibility index (Phi) is 7.47. The zero-order valence-electron chi connectivity index (χ0n) is 18.9. The molecule has 0 amide bonds. The molecule has 0 saturated carbocycles. The van der Waals surface area contributed by atoms with Gasteiger partial charge in [-0.3, -0.25) is 4.21 Å². The first kappa shape index (κ1) is 25.6. The van der Waals surface area contributed by atoms with Gasteiger partial charge in [-0.05, 0) is 41.0 Å². The lowest BCUT2D eigenvalue weighted by molar-refractivity contribution is 0.440. The largest absolute Gasteiger partial charge is 0.760 e. The van der Waals surface area contributed by atoms with Gasteiger partial charge >= 0.3 is 0 Å². The standard InChI is InChI=1S/C24H19ClN4O5S3/c25-18-8-4-5-15(11-18)14-37(32,33)22(23-29-28-21(34-23)13-26-36(30)31)24-27-19-10-9-17(12-20(19)35-24)16-6-2-1-3-7-16/h1-12,22,26H,13-14H2,(H,30,31)/p-1. The first-order valence-corrected chi connectivity index (χ1v) is 14.8. The van der Waals surface area contributed by atoms with Gasteiger partial charge in [0.05, 0.1) is 22.5 Å². The van der Waals surface area contributed by atoms with E-state index in [-0.39, 0.29) is 29.1 Å². The molecule has 0 aliphatic rings. The number of sulfone groups is 1. The molecule has 0 bridgehead atoms. The van der Waals surface area contributed by atoms with Gasteiger partial charge in [-0.1, -0.05) is 60.1 Å². The molecule has 0 fully saturated rings. The van der Waals surface area contributed by atoms with Crippen molar-refractivity contribution in [3.63, 3.8) is 0 Å². The molecule has 9 nitrogen and oxygen atoms in total. The van der Waals surface area contributed by atoms with Crippen molar-refractivity contribution in [2.75, 3.05) is 0 Å². The van der Waals surface area contributed by atoms with Gasteiger partial charge in [0, 0.05) is 16.3 Å². The van der Waals surface area contributed by atoms with E-state index < -0.39 is 26.4 Å². The predicted octanol–water partition coefficient (Wildman–Crippen LogP) is 4.59. The van der Waals surface area contributed by atoms with Crippen LogP contribution in [0.3, 0.4) is 0 Å². The van der Waals surface area contributed by atoms with Crippen LogP contribution >= 0.6 is 22.9 Å². The summed E-state index contributed by atoms with van der Waals surface area (Å²) in [4.78, 5) is 4.60. The molecule has 0 spiro atoms. The highest BCUT2D eigenvalue weighted by Gasteiger charge is 2.37. The number of nitrogens with zero attached hydrogens (tertiary/aromatic N) is 3. The zero-order valence-corrected chi connectivity index (χ0v) is 22.1. The first-order chi connectivity index (χ1) is 17.8. The van der Waals surface area contributed by atoms with Gasteiger partial charge < -0.3 is 8.97 Å². The van der Waals surface area contributed by atoms with Gasteiger partial charge in [0.15, 0.2) is 15.1 Å². The minimum atomic E-state index is -3.98. The van der Waals surface area contributed by atoms with Gasteiger partial charge in [0.25, 0.3) is 0 Å². The number of hydrogen-bond donors (Lipinski definition) is 1. The molecule has 2 unspecified atom stereocenters. The highest BCUT2D eigenvalue weighted by Crippen LogP contribution is 2.38. The van der Waals surface area contributed by atoms with E-state index in [0.717, 1.165) is 15.8 Å². The fourth-order valence-corrected chi connectivity index (χ4v) is 7.38. The smallest absolute Gasteiger partial charge is 0.241 e. The third-order valence-corrected chi connectivity index (χ3v) is 9.13. The van der Waals surface area contributed by atoms with E-state index in [1.807, 2.05) is 48.5 Å². The Bertz CT molecular complexity index is 1690. The van der Waals surface area contributed by atoms with Crippen molar-refractivity contribution in [1.82, 2.24) is 19.9 Å². The summed E-state index contributed by atoms with van der Waals surface area (Å²) in [5.41, 5.74) is 3.12. The molecule has 13 heteroatoms. The van der Waals surface area contributed by atoms with Crippen LogP contribution in [0.15, 0.2) is 77.2 Å². The highest BCUT2D eigenvalue weighted by atomic mass is 35.5. The summed E-state index contributed by atoms with van der Waals surface area (Å²) < 4.78 is 57.7. The third kappa shape index (κ3) is 5.95. The van der Waals surface area contributed by atoms with Crippen molar-refractivity contribution in [3.05, 3.63) is 100 Å². The van der Waals surface area contributed by atoms with Crippen LogP contribution in [0.1, 0.15) is 27.6 Å². The topological polar surface area (TPSA) is 138 Å². The quantitative estimate of drug-likeness (QED) is 0.253. The Hall–Kier alpha value is -3.00. The Morgan fingerprint density at radius 3 is 2.59 bits per heavy atom. The van der Waals surface area contributed by atoms with Crippen LogP contribution in [-0.4, -0.2) is 32.4 Å². The normalized spacial score (nSPS) is 13.6. The van der Waals surface area contributed by atoms with Crippen LogP contribution in [0.4, 0.5) is 0 Å². The summed E-state index contributed by atoms with van der Waals surface area (Å²) in [7, 11) is -3.98. The molecule has 190 valence electrons. The molecule has 5 aromatic rings. The van der Waals surface area contributed by atoms with Gasteiger partial charge in [0.2, 0.25) is 11.8 Å². The van der Waals surface area contributed by atoms with Crippen molar-refractivity contribution < 1.29 is 21.6 Å². The summed E-state index contributed by atoms with van der Waals surface area (Å²) in [6.07, 6.45) is 0. The summed E-state index contributed by atoms with van der Waals surface area (Å²) in [6, 6.07) is 22.1. The second-order valence-electron chi connectivity index (χ2n) is 8.01. The predicted molar refractivity (Wildman–Crippen MR) is 141 cm³/mol. The summed E-state index contributed by atoms with van der Waals surface area (Å²) in [5, 5.41) is 7.07. The van der Waals surface area contributed by atoms with Crippen molar-refractivity contribution >= 4 is 54.3 Å². The van der Waals surface area contributed by atoms with Crippen molar-refractivity contribution in [3.8, 4) is 11.1 Å². The number of aromatic nitrogens is 3. The second kappa shape index (κ2) is 10.8. The number of thiazole rings is 1. The Morgan fingerprint density at radius 2 is 1.84 bits per heavy atom. The molecule has 0 aliphatic heterocycles. The van der Waals surface area contributed by atoms with E-state index in [4.69, 9.17) is 16.0 Å². The van der Waals surface area contributed by atoms with E-state index in [9.17, 15) is 17.2 Å². The lowest BCUT2D eigenvalue weighted by atomic mass is 10.1. The summed E-state index contributed by atoms with van der Waals surface area (Å²) in [5.74, 6) is -0.614. The molecular formula is C24H18ClN4O5S3-. The maximum absolute atomic E-state index is 13.7. The van der Waals surface area contributed by atoms with Crippen LogP contribution in [-0.2, 0) is 33.4 Å². The number of halogens is 1. The van der Waals surface area contributed by atoms with Gasteiger partial charge in [-0.25, -0.2) is 18.1 Å². The molecule has 0 radical (unpaired) electrons. The number of nitrogens with one attached hydrogen (secondary N) is 1. The molecule has 1 N–H and O–H groups in total. The fourth-order valence-electron chi connectivity index (χ4n) is 3.78. The lowest BCUT2D eigenvalue weighted by Crippen LogP contribution is -2.17. The minimum Gasteiger partial charge on any atom is -0.760 e. The zero-order chi connectivity index (χ0) is 26.0. The maximum Gasteiger partial charge on any atom is 0.241 e. The SMILES string of the molecule is O=S([O-])NCc1nnc(C(c2nc3ccc(-c4ccccc4)cc3s2)S(=O)(=O)Cc2cccc(Cl)c2)o1. The first-order valence-electron chi connectivity index (χ1n) is 10.9. The van der Waals surface area contributed by atoms with Gasteiger partial charge in [0.1, 0.15) is 5.01 Å². The number of fused-ring (bicyclic) bond motifs is 1. The maximum atomic E-state index is 13.7. The average Bonchev–Trinajstić information content (AvgIpc) is 3.49. The Labute approximate surface area is 223 Å².